The second kappa shape index (κ2) is 6.18. The average Bonchev–Trinajstić information content (AvgIpc) is 2.46. The predicted octanol–water partition coefficient (Wildman–Crippen LogP) is 3.43. The monoisotopic (exact) mass is 298 g/mol. The van der Waals surface area contributed by atoms with Crippen LogP contribution in [0.15, 0.2) is 42.5 Å². The second-order valence-electron chi connectivity index (χ2n) is 6.24. The highest BCUT2D eigenvalue weighted by atomic mass is 16.2. The fraction of sp³-hybridized carbons (Fsp3) is 0.333. The fourth-order valence-electron chi connectivity index (χ4n) is 2.50. The smallest absolute Gasteiger partial charge is 0.313 e. The van der Waals surface area contributed by atoms with Gasteiger partial charge < -0.3 is 10.2 Å². The van der Waals surface area contributed by atoms with E-state index in [0.29, 0.717) is 12.2 Å². The first-order chi connectivity index (χ1) is 10.3. The Kier molecular flexibility index (Phi) is 4.50. The summed E-state index contributed by atoms with van der Waals surface area (Å²) in [5, 5.41) is 4.81. The Morgan fingerprint density at radius 3 is 2.27 bits per heavy atom. The van der Waals surface area contributed by atoms with Crippen molar-refractivity contribution in [1.82, 2.24) is 4.90 Å². The van der Waals surface area contributed by atoms with E-state index in [1.807, 2.05) is 64.1 Å². The van der Waals surface area contributed by atoms with Crippen molar-refractivity contribution in [2.75, 3.05) is 11.9 Å². The van der Waals surface area contributed by atoms with E-state index in [0.717, 1.165) is 10.8 Å². The van der Waals surface area contributed by atoms with Crippen molar-refractivity contribution in [3.05, 3.63) is 42.5 Å². The number of likely N-dealkylation sites (N-methyl/N-ethyl adjacent to an activating group) is 1. The van der Waals surface area contributed by atoms with Gasteiger partial charge in [0.05, 0.1) is 0 Å². The number of hydrogen-bond donors (Lipinski definition) is 1. The molecule has 0 aliphatic carbocycles. The first kappa shape index (κ1) is 16.0. The largest absolute Gasteiger partial charge is 0.330 e. The van der Waals surface area contributed by atoms with Crippen molar-refractivity contribution in [2.45, 2.75) is 33.2 Å². The van der Waals surface area contributed by atoms with Crippen LogP contribution >= 0.6 is 0 Å². The van der Waals surface area contributed by atoms with E-state index in [4.69, 9.17) is 0 Å². The number of nitrogens with one attached hydrogen (secondary N) is 1. The summed E-state index contributed by atoms with van der Waals surface area (Å²) in [6.45, 7) is 8.10. The molecule has 0 heterocycles. The quantitative estimate of drug-likeness (QED) is 0.864. The molecule has 0 fully saturated rings. The molecule has 0 unspecified atom stereocenters. The van der Waals surface area contributed by atoms with Crippen molar-refractivity contribution < 1.29 is 9.59 Å². The first-order valence-corrected chi connectivity index (χ1v) is 7.44. The lowest BCUT2D eigenvalue weighted by Gasteiger charge is -2.34. The molecule has 2 aromatic carbocycles. The molecule has 1 N–H and O–H groups in total. The third-order valence-electron chi connectivity index (χ3n) is 3.57. The number of fused-ring (bicyclic) bond motifs is 1. The maximum atomic E-state index is 12.3. The molecule has 0 saturated carbocycles. The standard InChI is InChI=1S/C18H22N2O2/c1-5-20(18(2,3)4)17(22)16(21)19-15-11-10-13-8-6-7-9-14(13)12-15/h6-12H,5H2,1-4H3,(H,19,21). The summed E-state index contributed by atoms with van der Waals surface area (Å²) in [4.78, 5) is 26.1. The van der Waals surface area contributed by atoms with Crippen LogP contribution in [0.2, 0.25) is 0 Å². The lowest BCUT2D eigenvalue weighted by Crippen LogP contribution is -2.49. The molecule has 116 valence electrons. The number of hydrogen-bond acceptors (Lipinski definition) is 2. The normalized spacial score (nSPS) is 11.3. The van der Waals surface area contributed by atoms with Gasteiger partial charge in [-0.05, 0) is 50.6 Å². The number of benzene rings is 2. The van der Waals surface area contributed by atoms with Crippen LogP contribution in [0.25, 0.3) is 10.8 Å². The Morgan fingerprint density at radius 1 is 1.05 bits per heavy atom. The van der Waals surface area contributed by atoms with E-state index in [9.17, 15) is 9.59 Å². The highest BCUT2D eigenvalue weighted by molar-refractivity contribution is 6.39. The summed E-state index contributed by atoms with van der Waals surface area (Å²) in [7, 11) is 0. The van der Waals surface area contributed by atoms with E-state index in [1.54, 1.807) is 11.0 Å². The average molecular weight is 298 g/mol. The number of rotatable bonds is 2. The van der Waals surface area contributed by atoms with Crippen LogP contribution in [-0.4, -0.2) is 28.8 Å². The lowest BCUT2D eigenvalue weighted by molar-refractivity contribution is -0.146. The molecule has 0 radical (unpaired) electrons. The van der Waals surface area contributed by atoms with Gasteiger partial charge in [-0.15, -0.1) is 0 Å². The minimum atomic E-state index is -0.605. The summed E-state index contributed by atoms with van der Waals surface area (Å²) in [6.07, 6.45) is 0. The van der Waals surface area contributed by atoms with Gasteiger partial charge in [0.15, 0.2) is 0 Å². The Morgan fingerprint density at radius 2 is 1.68 bits per heavy atom. The van der Waals surface area contributed by atoms with Crippen LogP contribution in [-0.2, 0) is 9.59 Å². The Balaban J connectivity index is 2.17. The summed E-state index contributed by atoms with van der Waals surface area (Å²) in [5.74, 6) is -1.12. The van der Waals surface area contributed by atoms with Crippen LogP contribution in [0, 0.1) is 0 Å². The topological polar surface area (TPSA) is 49.4 Å². The zero-order chi connectivity index (χ0) is 16.3. The number of carbonyl (C=O) groups excluding carboxylic acids is 2. The molecule has 0 atom stereocenters. The van der Waals surface area contributed by atoms with E-state index >= 15 is 0 Å². The molecule has 0 aromatic heterocycles. The number of anilines is 1. The van der Waals surface area contributed by atoms with Gasteiger partial charge in [-0.3, -0.25) is 9.59 Å². The summed E-state index contributed by atoms with van der Waals surface area (Å²) >= 11 is 0. The summed E-state index contributed by atoms with van der Waals surface area (Å²) < 4.78 is 0. The maximum absolute atomic E-state index is 12.3. The van der Waals surface area contributed by atoms with Crippen molar-refractivity contribution in [1.29, 1.82) is 0 Å². The summed E-state index contributed by atoms with van der Waals surface area (Å²) in [5.41, 5.74) is 0.244. The third-order valence-corrected chi connectivity index (χ3v) is 3.57. The zero-order valence-corrected chi connectivity index (χ0v) is 13.5. The molecule has 0 aliphatic rings. The Bertz CT molecular complexity index is 702. The minimum Gasteiger partial charge on any atom is -0.330 e. The van der Waals surface area contributed by atoms with Crippen molar-refractivity contribution in [3.8, 4) is 0 Å². The maximum Gasteiger partial charge on any atom is 0.313 e. The van der Waals surface area contributed by atoms with Gasteiger partial charge in [-0.2, -0.15) is 0 Å². The van der Waals surface area contributed by atoms with E-state index < -0.39 is 11.8 Å². The predicted molar refractivity (Wildman–Crippen MR) is 89.7 cm³/mol. The van der Waals surface area contributed by atoms with E-state index in [1.165, 1.54) is 0 Å². The Labute approximate surface area is 131 Å². The van der Waals surface area contributed by atoms with Gasteiger partial charge in [0.2, 0.25) is 0 Å². The molecule has 2 aromatic rings. The van der Waals surface area contributed by atoms with Crippen molar-refractivity contribution in [2.24, 2.45) is 0 Å². The van der Waals surface area contributed by atoms with Gasteiger partial charge >= 0.3 is 11.8 Å². The minimum absolute atomic E-state index is 0.382. The highest BCUT2D eigenvalue weighted by Gasteiger charge is 2.29. The molecule has 0 bridgehead atoms. The van der Waals surface area contributed by atoms with Gasteiger partial charge in [0, 0.05) is 17.8 Å². The fourth-order valence-corrected chi connectivity index (χ4v) is 2.50. The number of nitrogens with zero attached hydrogens (tertiary/aromatic N) is 1. The molecule has 22 heavy (non-hydrogen) atoms. The molecule has 4 nitrogen and oxygen atoms in total. The molecule has 2 amide bonds. The second-order valence-corrected chi connectivity index (χ2v) is 6.24. The SMILES string of the molecule is CCN(C(=O)C(=O)Nc1ccc2ccccc2c1)C(C)(C)C. The van der Waals surface area contributed by atoms with Gasteiger partial charge in [0.25, 0.3) is 0 Å². The summed E-state index contributed by atoms with van der Waals surface area (Å²) in [6, 6.07) is 13.5. The molecule has 0 saturated heterocycles. The Hall–Kier alpha value is -2.36. The molecule has 0 spiro atoms. The molecular formula is C18H22N2O2. The van der Waals surface area contributed by atoms with Crippen molar-refractivity contribution in [3.63, 3.8) is 0 Å². The number of carbonyl (C=O) groups is 2. The van der Waals surface area contributed by atoms with Crippen molar-refractivity contribution >= 4 is 28.3 Å². The van der Waals surface area contributed by atoms with Crippen LogP contribution in [0.3, 0.4) is 0 Å². The van der Waals surface area contributed by atoms with E-state index in [2.05, 4.69) is 5.32 Å². The van der Waals surface area contributed by atoms with Crippen LogP contribution in [0.5, 0.6) is 0 Å². The third kappa shape index (κ3) is 3.45. The van der Waals surface area contributed by atoms with E-state index in [-0.39, 0.29) is 5.54 Å². The van der Waals surface area contributed by atoms with Gasteiger partial charge in [-0.25, -0.2) is 0 Å². The first-order valence-electron chi connectivity index (χ1n) is 7.44. The van der Waals surface area contributed by atoms with Gasteiger partial charge in [0.1, 0.15) is 0 Å². The zero-order valence-electron chi connectivity index (χ0n) is 13.5. The molecule has 2 rings (SSSR count). The molecule has 4 heteroatoms. The molecule has 0 aliphatic heterocycles. The van der Waals surface area contributed by atoms with Crippen LogP contribution < -0.4 is 5.32 Å². The van der Waals surface area contributed by atoms with Gasteiger partial charge in [-0.1, -0.05) is 30.3 Å². The highest BCUT2D eigenvalue weighted by Crippen LogP contribution is 2.19. The van der Waals surface area contributed by atoms with Crippen LogP contribution in [0.4, 0.5) is 5.69 Å². The molecular weight excluding hydrogens is 276 g/mol. The lowest BCUT2D eigenvalue weighted by atomic mass is 10.1. The van der Waals surface area contributed by atoms with Crippen LogP contribution in [0.1, 0.15) is 27.7 Å². The number of amides is 2.